The number of rotatable bonds is 4. The van der Waals surface area contributed by atoms with Gasteiger partial charge in [0.25, 0.3) is 0 Å². The van der Waals surface area contributed by atoms with Gasteiger partial charge in [-0.1, -0.05) is 25.1 Å². The van der Waals surface area contributed by atoms with Gasteiger partial charge in [-0.05, 0) is 41.8 Å². The molecule has 1 aliphatic rings. The van der Waals surface area contributed by atoms with Gasteiger partial charge in [-0.15, -0.1) is 0 Å². The number of hydrogen-bond donors (Lipinski definition) is 1. The van der Waals surface area contributed by atoms with Crippen LogP contribution in [0.4, 0.5) is 5.69 Å². The van der Waals surface area contributed by atoms with Crippen LogP contribution in [0.25, 0.3) is 0 Å². The number of ether oxygens (including phenoxy) is 2. The monoisotopic (exact) mass is 283 g/mol. The summed E-state index contributed by atoms with van der Waals surface area (Å²) in [6, 6.07) is 14.7. The highest BCUT2D eigenvalue weighted by Crippen LogP contribution is 2.30. The summed E-state index contributed by atoms with van der Waals surface area (Å²) >= 11 is 0. The summed E-state index contributed by atoms with van der Waals surface area (Å²) in [7, 11) is 0. The molecule has 0 spiro atoms. The van der Waals surface area contributed by atoms with E-state index in [4.69, 9.17) is 9.47 Å². The Labute approximate surface area is 125 Å². The number of fused-ring (bicyclic) bond motifs is 1. The van der Waals surface area contributed by atoms with Crippen molar-refractivity contribution in [1.29, 1.82) is 0 Å². The van der Waals surface area contributed by atoms with Gasteiger partial charge in [-0.25, -0.2) is 0 Å². The fourth-order valence-electron chi connectivity index (χ4n) is 2.42. The molecule has 3 heteroatoms. The molecule has 3 nitrogen and oxygen atoms in total. The highest BCUT2D eigenvalue weighted by molar-refractivity contribution is 5.48. The first-order valence-electron chi connectivity index (χ1n) is 7.56. The largest absolute Gasteiger partial charge is 0.490 e. The van der Waals surface area contributed by atoms with Crippen LogP contribution in [0.15, 0.2) is 42.5 Å². The van der Waals surface area contributed by atoms with E-state index in [1.54, 1.807) is 0 Å². The van der Waals surface area contributed by atoms with Crippen molar-refractivity contribution >= 4 is 5.69 Å². The van der Waals surface area contributed by atoms with Crippen LogP contribution in [0.2, 0.25) is 0 Å². The molecule has 0 saturated carbocycles. The lowest BCUT2D eigenvalue weighted by Crippen LogP contribution is -2.01. The van der Waals surface area contributed by atoms with Gasteiger partial charge in [-0.2, -0.15) is 0 Å². The van der Waals surface area contributed by atoms with Crippen molar-refractivity contribution in [3.8, 4) is 11.5 Å². The van der Waals surface area contributed by atoms with Crippen LogP contribution < -0.4 is 14.8 Å². The minimum absolute atomic E-state index is 0.725. The van der Waals surface area contributed by atoms with E-state index in [1.165, 1.54) is 11.1 Å². The van der Waals surface area contributed by atoms with Gasteiger partial charge in [0, 0.05) is 18.7 Å². The lowest BCUT2D eigenvalue weighted by atomic mass is 10.1. The average Bonchev–Trinajstić information content (AvgIpc) is 2.78. The van der Waals surface area contributed by atoms with E-state index >= 15 is 0 Å². The molecule has 21 heavy (non-hydrogen) atoms. The molecule has 0 atom stereocenters. The maximum Gasteiger partial charge on any atom is 0.161 e. The molecule has 1 N–H and O–H groups in total. The normalized spacial score (nSPS) is 13.6. The topological polar surface area (TPSA) is 30.5 Å². The average molecular weight is 283 g/mol. The SMILES string of the molecule is CCc1cccc(NCc2ccc3c(c2)OCCCO3)c1. The summed E-state index contributed by atoms with van der Waals surface area (Å²) in [5.74, 6) is 1.71. The van der Waals surface area contributed by atoms with Gasteiger partial charge in [0.1, 0.15) is 0 Å². The molecule has 0 unspecified atom stereocenters. The molecule has 3 rings (SSSR count). The van der Waals surface area contributed by atoms with E-state index in [0.717, 1.165) is 49.8 Å². The fraction of sp³-hybridized carbons (Fsp3) is 0.333. The summed E-state index contributed by atoms with van der Waals surface area (Å²) in [4.78, 5) is 0. The molecule has 0 aliphatic carbocycles. The molecule has 1 heterocycles. The Morgan fingerprint density at radius 2 is 1.81 bits per heavy atom. The molecule has 0 saturated heterocycles. The summed E-state index contributed by atoms with van der Waals surface area (Å²) < 4.78 is 11.4. The number of anilines is 1. The third kappa shape index (κ3) is 3.48. The van der Waals surface area contributed by atoms with Crippen LogP contribution in [0.1, 0.15) is 24.5 Å². The first kappa shape index (κ1) is 13.8. The van der Waals surface area contributed by atoms with E-state index in [1.807, 2.05) is 6.07 Å². The van der Waals surface area contributed by atoms with E-state index in [-0.39, 0.29) is 0 Å². The van der Waals surface area contributed by atoms with Gasteiger partial charge in [0.05, 0.1) is 13.2 Å². The van der Waals surface area contributed by atoms with Crippen molar-refractivity contribution in [2.24, 2.45) is 0 Å². The second-order valence-electron chi connectivity index (χ2n) is 5.24. The summed E-state index contributed by atoms with van der Waals surface area (Å²) in [5, 5.41) is 3.46. The number of hydrogen-bond acceptors (Lipinski definition) is 3. The fourth-order valence-corrected chi connectivity index (χ4v) is 2.42. The zero-order valence-electron chi connectivity index (χ0n) is 12.4. The van der Waals surface area contributed by atoms with Crippen LogP contribution >= 0.6 is 0 Å². The maximum absolute atomic E-state index is 5.72. The third-order valence-electron chi connectivity index (χ3n) is 3.64. The van der Waals surface area contributed by atoms with Crippen molar-refractivity contribution in [2.45, 2.75) is 26.3 Å². The standard InChI is InChI=1S/C18H21NO2/c1-2-14-5-3-6-16(11-14)19-13-15-7-8-17-18(12-15)21-10-4-9-20-17/h3,5-8,11-12,19H,2,4,9-10,13H2,1H3. The van der Waals surface area contributed by atoms with Crippen molar-refractivity contribution in [3.63, 3.8) is 0 Å². The van der Waals surface area contributed by atoms with E-state index in [9.17, 15) is 0 Å². The lowest BCUT2D eigenvalue weighted by molar-refractivity contribution is 0.297. The van der Waals surface area contributed by atoms with E-state index in [2.05, 4.69) is 48.6 Å². The molecule has 110 valence electrons. The molecular formula is C18H21NO2. The van der Waals surface area contributed by atoms with Crippen molar-refractivity contribution in [2.75, 3.05) is 18.5 Å². The molecular weight excluding hydrogens is 262 g/mol. The van der Waals surface area contributed by atoms with Crippen molar-refractivity contribution in [1.82, 2.24) is 0 Å². The number of benzene rings is 2. The molecule has 0 amide bonds. The Morgan fingerprint density at radius 1 is 0.952 bits per heavy atom. The summed E-state index contributed by atoms with van der Waals surface area (Å²) in [6.07, 6.45) is 1.99. The molecule has 0 aromatic heterocycles. The van der Waals surface area contributed by atoms with Crippen molar-refractivity contribution < 1.29 is 9.47 Å². The zero-order valence-corrected chi connectivity index (χ0v) is 12.4. The van der Waals surface area contributed by atoms with Crippen LogP contribution in [0, 0.1) is 0 Å². The van der Waals surface area contributed by atoms with Crippen molar-refractivity contribution in [3.05, 3.63) is 53.6 Å². The van der Waals surface area contributed by atoms with E-state index < -0.39 is 0 Å². The molecule has 0 radical (unpaired) electrons. The Kier molecular flexibility index (Phi) is 4.29. The van der Waals surface area contributed by atoms with E-state index in [0.29, 0.717) is 0 Å². The first-order valence-corrected chi connectivity index (χ1v) is 7.56. The Hall–Kier alpha value is -2.16. The predicted molar refractivity (Wildman–Crippen MR) is 85.2 cm³/mol. The van der Waals surface area contributed by atoms with Crippen LogP contribution in [0.5, 0.6) is 11.5 Å². The van der Waals surface area contributed by atoms with Gasteiger partial charge in [-0.3, -0.25) is 0 Å². The number of aryl methyl sites for hydroxylation is 1. The number of nitrogens with one attached hydrogen (secondary N) is 1. The second kappa shape index (κ2) is 6.53. The first-order chi connectivity index (χ1) is 10.3. The zero-order chi connectivity index (χ0) is 14.5. The third-order valence-corrected chi connectivity index (χ3v) is 3.64. The van der Waals surface area contributed by atoms with Gasteiger partial charge < -0.3 is 14.8 Å². The van der Waals surface area contributed by atoms with Gasteiger partial charge in [0.2, 0.25) is 0 Å². The molecule has 0 fully saturated rings. The van der Waals surface area contributed by atoms with Crippen LogP contribution in [-0.2, 0) is 13.0 Å². The van der Waals surface area contributed by atoms with Crippen LogP contribution in [0.3, 0.4) is 0 Å². The smallest absolute Gasteiger partial charge is 0.161 e. The maximum atomic E-state index is 5.72. The quantitative estimate of drug-likeness (QED) is 0.919. The highest BCUT2D eigenvalue weighted by Gasteiger charge is 2.10. The Morgan fingerprint density at radius 3 is 2.67 bits per heavy atom. The predicted octanol–water partition coefficient (Wildman–Crippen LogP) is 4.02. The minimum atomic E-state index is 0.725. The highest BCUT2D eigenvalue weighted by atomic mass is 16.5. The summed E-state index contributed by atoms with van der Waals surface area (Å²) in [6.45, 7) is 4.41. The molecule has 2 aromatic rings. The molecule has 2 aromatic carbocycles. The van der Waals surface area contributed by atoms with Gasteiger partial charge in [0.15, 0.2) is 11.5 Å². The van der Waals surface area contributed by atoms with Gasteiger partial charge >= 0.3 is 0 Å². The second-order valence-corrected chi connectivity index (χ2v) is 5.24. The summed E-state index contributed by atoms with van der Waals surface area (Å²) in [5.41, 5.74) is 3.70. The Balaban J connectivity index is 1.69. The minimum Gasteiger partial charge on any atom is -0.490 e. The molecule has 1 aliphatic heterocycles. The van der Waals surface area contributed by atoms with Crippen LogP contribution in [-0.4, -0.2) is 13.2 Å². The Bertz CT molecular complexity index is 610. The molecule has 0 bridgehead atoms. The lowest BCUT2D eigenvalue weighted by Gasteiger charge is -2.11.